The number of carbonyl (C=O) groups excluding carboxylic acids is 3. The Morgan fingerprint density at radius 3 is 2.00 bits per heavy atom. The summed E-state index contributed by atoms with van der Waals surface area (Å²) in [6, 6.07) is 0. The van der Waals surface area contributed by atoms with Crippen molar-refractivity contribution in [1.82, 2.24) is 5.32 Å². The van der Waals surface area contributed by atoms with Gasteiger partial charge in [-0.3, -0.25) is 9.59 Å². The molecular weight excluding hydrogens is 262 g/mol. The van der Waals surface area contributed by atoms with Gasteiger partial charge in [0.2, 0.25) is 5.91 Å². The molecule has 0 fully saturated rings. The molecule has 0 aromatic carbocycles. The monoisotopic (exact) mass is 287 g/mol. The lowest BCUT2D eigenvalue weighted by Crippen LogP contribution is -2.27. The molecule has 0 heterocycles. The number of amides is 1. The van der Waals surface area contributed by atoms with Gasteiger partial charge in [-0.25, -0.2) is 4.79 Å². The Morgan fingerprint density at radius 1 is 1.00 bits per heavy atom. The number of carbonyl (C=O) groups is 3. The highest BCUT2D eigenvalue weighted by molar-refractivity contribution is 5.96. The van der Waals surface area contributed by atoms with E-state index in [1.165, 1.54) is 0 Å². The summed E-state index contributed by atoms with van der Waals surface area (Å²) in [5.74, 6) is -1.56. The quantitative estimate of drug-likeness (QED) is 0.439. The van der Waals surface area contributed by atoms with Gasteiger partial charge in [0.1, 0.15) is 6.42 Å². The Hall–Kier alpha value is -1.85. The first-order chi connectivity index (χ1) is 8.96. The molecule has 6 heteroatoms. The van der Waals surface area contributed by atoms with E-state index in [2.05, 4.69) is 10.1 Å². The molecule has 1 N–H and O–H groups in total. The van der Waals surface area contributed by atoms with Crippen molar-refractivity contribution < 1.29 is 23.9 Å². The lowest BCUT2D eigenvalue weighted by molar-refractivity contribution is -0.145. The molecule has 0 aliphatic carbocycles. The zero-order chi connectivity index (χ0) is 14.8. The maximum absolute atomic E-state index is 11.6. The molecule has 0 unspecified atom stereocenters. The van der Waals surface area contributed by atoms with E-state index >= 15 is 0 Å². The summed E-state index contributed by atoms with van der Waals surface area (Å²) in [5.41, 5.74) is 0.786. The number of hydrogen-bond donors (Lipinski definition) is 1. The fourth-order valence-corrected chi connectivity index (χ4v) is 1.45. The molecule has 0 saturated carbocycles. The summed E-state index contributed by atoms with van der Waals surface area (Å²) < 4.78 is 9.54. The van der Waals surface area contributed by atoms with E-state index < -0.39 is 17.8 Å². The Morgan fingerprint density at radius 2 is 1.55 bits per heavy atom. The molecule has 0 aromatic heterocycles. The molecule has 1 amide bonds. The van der Waals surface area contributed by atoms with Crippen molar-refractivity contribution in [1.29, 1.82) is 0 Å². The van der Waals surface area contributed by atoms with Gasteiger partial charge in [-0.1, -0.05) is 14.4 Å². The van der Waals surface area contributed by atoms with Crippen molar-refractivity contribution in [2.24, 2.45) is 0 Å². The lowest BCUT2D eigenvalue weighted by atomic mass is 10.1. The van der Waals surface area contributed by atoms with Crippen molar-refractivity contribution in [2.45, 2.75) is 48.0 Å². The van der Waals surface area contributed by atoms with E-state index in [0.29, 0.717) is 17.7 Å². The van der Waals surface area contributed by atoms with Gasteiger partial charge >= 0.3 is 11.9 Å². The predicted molar refractivity (Wildman–Crippen MR) is 75.7 cm³/mol. The summed E-state index contributed by atoms with van der Waals surface area (Å²) >= 11 is 0. The molecule has 0 atom stereocenters. The van der Waals surface area contributed by atoms with Gasteiger partial charge in [0, 0.05) is 5.70 Å². The van der Waals surface area contributed by atoms with Crippen molar-refractivity contribution in [3.05, 3.63) is 11.3 Å². The van der Waals surface area contributed by atoms with Gasteiger partial charge in [0.25, 0.3) is 0 Å². The third-order valence-electron chi connectivity index (χ3n) is 2.27. The van der Waals surface area contributed by atoms with E-state index in [1.54, 1.807) is 27.7 Å². The second-order valence-electron chi connectivity index (χ2n) is 3.71. The molecule has 0 aromatic rings. The van der Waals surface area contributed by atoms with Crippen LogP contribution in [0.15, 0.2) is 11.3 Å². The van der Waals surface area contributed by atoms with E-state index in [4.69, 9.17) is 4.74 Å². The number of nitrogens with one attached hydrogen (secondary N) is 1. The van der Waals surface area contributed by atoms with E-state index in [1.807, 2.05) is 0 Å². The average Bonchev–Trinajstić information content (AvgIpc) is 2.29. The first kappa shape index (κ1) is 20.5. The van der Waals surface area contributed by atoms with Gasteiger partial charge < -0.3 is 14.8 Å². The lowest BCUT2D eigenvalue weighted by Gasteiger charge is -2.11. The summed E-state index contributed by atoms with van der Waals surface area (Å²) in [5, 5.41) is 2.50. The van der Waals surface area contributed by atoms with E-state index in [9.17, 15) is 14.4 Å². The van der Waals surface area contributed by atoms with Gasteiger partial charge in [0.05, 0.1) is 18.8 Å². The first-order valence-electron chi connectivity index (χ1n) is 6.28. The normalized spacial score (nSPS) is 10.8. The number of ether oxygens (including phenoxy) is 2. The maximum Gasteiger partial charge on any atom is 0.335 e. The SMILES string of the molecule is C.CCOC(=O)CC(=O)N/C(C)=C(/CC)C(=O)OCC. The Kier molecular flexibility index (Phi) is 11.3. The number of allylic oxidation sites excluding steroid dienone is 1. The highest BCUT2D eigenvalue weighted by atomic mass is 16.5. The van der Waals surface area contributed by atoms with Crippen LogP contribution < -0.4 is 5.32 Å². The number of rotatable bonds is 7. The zero-order valence-corrected chi connectivity index (χ0v) is 11.9. The van der Waals surface area contributed by atoms with Crippen LogP contribution >= 0.6 is 0 Å². The molecule has 0 bridgehead atoms. The zero-order valence-electron chi connectivity index (χ0n) is 11.9. The van der Waals surface area contributed by atoms with Crippen LogP contribution in [-0.4, -0.2) is 31.1 Å². The highest BCUT2D eigenvalue weighted by Gasteiger charge is 2.15. The van der Waals surface area contributed by atoms with Crippen molar-refractivity contribution in [3.8, 4) is 0 Å². The first-order valence-corrected chi connectivity index (χ1v) is 6.28. The van der Waals surface area contributed by atoms with E-state index in [-0.39, 0.29) is 27.1 Å². The van der Waals surface area contributed by atoms with Crippen LogP contribution in [0, 0.1) is 0 Å². The molecule has 0 radical (unpaired) electrons. The van der Waals surface area contributed by atoms with Gasteiger partial charge in [-0.2, -0.15) is 0 Å². The second kappa shape index (κ2) is 11.0. The van der Waals surface area contributed by atoms with Crippen LogP contribution in [0.4, 0.5) is 0 Å². The summed E-state index contributed by atoms with van der Waals surface area (Å²) in [6.07, 6.45) is 0.0648. The molecular formula is C14H25NO5. The smallest absolute Gasteiger partial charge is 0.335 e. The third kappa shape index (κ3) is 7.56. The number of esters is 2. The maximum atomic E-state index is 11.6. The minimum absolute atomic E-state index is 0. The number of hydrogen-bond acceptors (Lipinski definition) is 5. The molecule has 6 nitrogen and oxygen atoms in total. The topological polar surface area (TPSA) is 81.7 Å². The van der Waals surface area contributed by atoms with Crippen LogP contribution in [0.1, 0.15) is 48.0 Å². The van der Waals surface area contributed by atoms with Crippen LogP contribution in [0.2, 0.25) is 0 Å². The van der Waals surface area contributed by atoms with Crippen molar-refractivity contribution in [3.63, 3.8) is 0 Å². The molecule has 0 rings (SSSR count). The highest BCUT2D eigenvalue weighted by Crippen LogP contribution is 2.09. The average molecular weight is 287 g/mol. The van der Waals surface area contributed by atoms with Crippen LogP contribution in [-0.2, 0) is 23.9 Å². The molecule has 0 aliphatic rings. The minimum atomic E-state index is -0.595. The molecule has 20 heavy (non-hydrogen) atoms. The standard InChI is InChI=1S/C13H21NO5.CH4/c1-5-10(13(17)19-7-3)9(4)14-11(15)8-12(16)18-6-2;/h5-8H2,1-4H3,(H,14,15);1H4/b10-9-;. The van der Waals surface area contributed by atoms with Crippen molar-refractivity contribution >= 4 is 17.8 Å². The third-order valence-corrected chi connectivity index (χ3v) is 2.27. The van der Waals surface area contributed by atoms with Gasteiger partial charge in [0.15, 0.2) is 0 Å². The second-order valence-corrected chi connectivity index (χ2v) is 3.71. The van der Waals surface area contributed by atoms with Crippen LogP contribution in [0.3, 0.4) is 0 Å². The van der Waals surface area contributed by atoms with Crippen LogP contribution in [0.25, 0.3) is 0 Å². The summed E-state index contributed by atoms with van der Waals surface area (Å²) in [4.78, 5) is 34.3. The molecule has 0 saturated heterocycles. The minimum Gasteiger partial charge on any atom is -0.466 e. The Labute approximate surface area is 120 Å². The predicted octanol–water partition coefficient (Wildman–Crippen LogP) is 1.94. The molecule has 0 spiro atoms. The van der Waals surface area contributed by atoms with Gasteiger partial charge in [-0.05, 0) is 27.2 Å². The Bertz CT molecular complexity index is 374. The summed E-state index contributed by atoms with van der Waals surface area (Å²) in [6.45, 7) is 7.25. The van der Waals surface area contributed by atoms with E-state index in [0.717, 1.165) is 0 Å². The summed E-state index contributed by atoms with van der Waals surface area (Å²) in [7, 11) is 0. The fourth-order valence-electron chi connectivity index (χ4n) is 1.45. The fraction of sp³-hybridized carbons (Fsp3) is 0.643. The van der Waals surface area contributed by atoms with Gasteiger partial charge in [-0.15, -0.1) is 0 Å². The Balaban J connectivity index is 0. The molecule has 116 valence electrons. The van der Waals surface area contributed by atoms with Crippen molar-refractivity contribution in [2.75, 3.05) is 13.2 Å². The largest absolute Gasteiger partial charge is 0.466 e. The molecule has 0 aliphatic heterocycles. The van der Waals surface area contributed by atoms with Crippen LogP contribution in [0.5, 0.6) is 0 Å².